The Hall–Kier alpha value is -1.12. The van der Waals surface area contributed by atoms with Crippen LogP contribution >= 0.6 is 11.8 Å². The summed E-state index contributed by atoms with van der Waals surface area (Å²) < 4.78 is 26.3. The largest absolute Gasteiger partial charge is 0.355 e. The summed E-state index contributed by atoms with van der Waals surface area (Å²) in [6.45, 7) is 5.62. The Morgan fingerprint density at radius 3 is 2.65 bits per heavy atom. The van der Waals surface area contributed by atoms with Gasteiger partial charge in [-0.25, -0.2) is 13.4 Å². The van der Waals surface area contributed by atoms with Crippen LogP contribution in [0.5, 0.6) is 0 Å². The number of sulfonamides is 1. The van der Waals surface area contributed by atoms with Gasteiger partial charge in [0.05, 0.1) is 10.3 Å². The van der Waals surface area contributed by atoms with Gasteiger partial charge in [-0.05, 0) is 38.3 Å². The molecule has 1 atom stereocenters. The van der Waals surface area contributed by atoms with Crippen LogP contribution in [-0.4, -0.2) is 48.5 Å². The topological polar surface area (TPSA) is 79.4 Å². The third-order valence-corrected chi connectivity index (χ3v) is 6.56. The van der Waals surface area contributed by atoms with Gasteiger partial charge in [0.25, 0.3) is 0 Å². The smallest absolute Gasteiger partial charge is 0.244 e. The summed E-state index contributed by atoms with van der Waals surface area (Å²) in [6.07, 6.45) is 4.09. The molecular weight excluding hydrogens is 334 g/mol. The molecule has 1 aliphatic heterocycles. The van der Waals surface area contributed by atoms with E-state index in [-0.39, 0.29) is 16.1 Å². The van der Waals surface area contributed by atoms with E-state index in [9.17, 15) is 13.2 Å². The maximum absolute atomic E-state index is 12.4. The van der Waals surface area contributed by atoms with E-state index < -0.39 is 10.0 Å². The summed E-state index contributed by atoms with van der Waals surface area (Å²) in [7, 11) is -3.43. The number of hydrogen-bond acceptors (Lipinski definition) is 5. The van der Waals surface area contributed by atoms with Crippen LogP contribution in [0.25, 0.3) is 0 Å². The number of pyridine rings is 1. The van der Waals surface area contributed by atoms with Crippen LogP contribution < -0.4 is 5.32 Å². The Morgan fingerprint density at radius 1 is 1.39 bits per heavy atom. The third-order valence-electron chi connectivity index (χ3n) is 3.63. The fourth-order valence-corrected chi connectivity index (χ4v) is 4.57. The Morgan fingerprint density at radius 2 is 2.09 bits per heavy atom. The van der Waals surface area contributed by atoms with Gasteiger partial charge in [0.1, 0.15) is 4.90 Å². The van der Waals surface area contributed by atoms with Gasteiger partial charge in [0.15, 0.2) is 0 Å². The second-order valence-electron chi connectivity index (χ2n) is 5.49. The molecule has 0 bridgehead atoms. The number of carbonyl (C=O) groups excluding carboxylic acids is 1. The van der Waals surface area contributed by atoms with Crippen molar-refractivity contribution in [3.8, 4) is 0 Å². The Kier molecular flexibility index (Phi) is 6.43. The molecule has 1 amide bonds. The average molecular weight is 358 g/mol. The molecule has 1 aliphatic rings. The lowest BCUT2D eigenvalue weighted by atomic mass is 10.4. The molecule has 1 N–H and O–H groups in total. The molecule has 1 aromatic heterocycles. The number of nitrogens with zero attached hydrogens (tertiary/aromatic N) is 2. The van der Waals surface area contributed by atoms with Crippen molar-refractivity contribution in [2.45, 2.75) is 48.3 Å². The van der Waals surface area contributed by atoms with Crippen molar-refractivity contribution < 1.29 is 13.2 Å². The molecule has 0 aromatic carbocycles. The number of amides is 1. The van der Waals surface area contributed by atoms with Crippen LogP contribution in [0.4, 0.5) is 0 Å². The van der Waals surface area contributed by atoms with E-state index in [4.69, 9.17) is 0 Å². The van der Waals surface area contributed by atoms with Gasteiger partial charge in [0.2, 0.25) is 15.9 Å². The second-order valence-corrected chi connectivity index (χ2v) is 8.79. The van der Waals surface area contributed by atoms with Gasteiger partial charge in [-0.2, -0.15) is 4.31 Å². The fraction of sp³-hybridized carbons (Fsp3) is 0.600. The molecule has 2 rings (SSSR count). The Labute approximate surface area is 142 Å². The molecule has 128 valence electrons. The van der Waals surface area contributed by atoms with Crippen LogP contribution in [0.1, 0.15) is 33.1 Å². The van der Waals surface area contributed by atoms with Crippen molar-refractivity contribution in [2.24, 2.45) is 0 Å². The summed E-state index contributed by atoms with van der Waals surface area (Å²) in [4.78, 5) is 16.3. The maximum atomic E-state index is 12.4. The van der Waals surface area contributed by atoms with Crippen molar-refractivity contribution in [2.75, 3.05) is 19.6 Å². The number of carbonyl (C=O) groups is 1. The van der Waals surface area contributed by atoms with Crippen molar-refractivity contribution in [3.63, 3.8) is 0 Å². The SMILES string of the molecule is CCCNC(=O)C(C)Sc1ccc(S(=O)(=O)N2CCCC2)cn1. The van der Waals surface area contributed by atoms with Gasteiger partial charge in [-0.3, -0.25) is 4.79 Å². The van der Waals surface area contributed by atoms with E-state index in [1.54, 1.807) is 12.1 Å². The van der Waals surface area contributed by atoms with Gasteiger partial charge < -0.3 is 5.32 Å². The summed E-state index contributed by atoms with van der Waals surface area (Å²) >= 11 is 1.32. The standard InChI is InChI=1S/C15H23N3O3S2/c1-3-8-16-15(19)12(2)22-14-7-6-13(11-17-14)23(20,21)18-9-4-5-10-18/h6-7,11-12H,3-5,8-10H2,1-2H3,(H,16,19). The van der Waals surface area contributed by atoms with Crippen molar-refractivity contribution >= 4 is 27.7 Å². The van der Waals surface area contributed by atoms with Crippen LogP contribution in [0.15, 0.2) is 28.3 Å². The number of hydrogen-bond donors (Lipinski definition) is 1. The molecule has 0 saturated carbocycles. The predicted molar refractivity (Wildman–Crippen MR) is 90.8 cm³/mol. The maximum Gasteiger partial charge on any atom is 0.244 e. The highest BCUT2D eigenvalue weighted by molar-refractivity contribution is 8.00. The molecule has 1 fully saturated rings. The number of thioether (sulfide) groups is 1. The quantitative estimate of drug-likeness (QED) is 0.754. The highest BCUT2D eigenvalue weighted by atomic mass is 32.2. The van der Waals surface area contributed by atoms with Crippen molar-refractivity contribution in [1.29, 1.82) is 0 Å². The van der Waals surface area contributed by atoms with E-state index >= 15 is 0 Å². The van der Waals surface area contributed by atoms with E-state index in [0.717, 1.165) is 19.3 Å². The lowest BCUT2D eigenvalue weighted by Gasteiger charge is -2.15. The zero-order chi connectivity index (χ0) is 16.9. The molecule has 23 heavy (non-hydrogen) atoms. The van der Waals surface area contributed by atoms with Crippen molar-refractivity contribution in [3.05, 3.63) is 18.3 Å². The summed E-state index contributed by atoms with van der Waals surface area (Å²) in [6, 6.07) is 3.23. The molecule has 1 saturated heterocycles. The molecule has 6 nitrogen and oxygen atoms in total. The zero-order valence-corrected chi connectivity index (χ0v) is 15.1. The molecule has 1 unspecified atom stereocenters. The van der Waals surface area contributed by atoms with Gasteiger partial charge in [0, 0.05) is 25.8 Å². The third kappa shape index (κ3) is 4.68. The van der Waals surface area contributed by atoms with Crippen LogP contribution in [0.3, 0.4) is 0 Å². The molecular formula is C15H23N3O3S2. The van der Waals surface area contributed by atoms with E-state index in [0.29, 0.717) is 24.7 Å². The summed E-state index contributed by atoms with van der Waals surface area (Å²) in [5.74, 6) is -0.0348. The first-order valence-electron chi connectivity index (χ1n) is 7.85. The van der Waals surface area contributed by atoms with Gasteiger partial charge in [-0.1, -0.05) is 18.7 Å². The van der Waals surface area contributed by atoms with Crippen LogP contribution in [-0.2, 0) is 14.8 Å². The molecule has 8 heteroatoms. The van der Waals surface area contributed by atoms with E-state index in [1.807, 2.05) is 13.8 Å². The lowest BCUT2D eigenvalue weighted by Crippen LogP contribution is -2.31. The van der Waals surface area contributed by atoms with E-state index in [2.05, 4.69) is 10.3 Å². The summed E-state index contributed by atoms with van der Waals surface area (Å²) in [5, 5.41) is 3.21. The molecule has 0 aliphatic carbocycles. The monoisotopic (exact) mass is 357 g/mol. The van der Waals surface area contributed by atoms with Crippen molar-refractivity contribution in [1.82, 2.24) is 14.6 Å². The second kappa shape index (κ2) is 8.12. The van der Waals surface area contributed by atoms with Crippen LogP contribution in [0.2, 0.25) is 0 Å². The fourth-order valence-electron chi connectivity index (χ4n) is 2.29. The van der Waals surface area contributed by atoms with Gasteiger partial charge >= 0.3 is 0 Å². The Balaban J connectivity index is 2.00. The average Bonchev–Trinajstić information content (AvgIpc) is 3.08. The zero-order valence-electron chi connectivity index (χ0n) is 13.5. The number of nitrogens with one attached hydrogen (secondary N) is 1. The normalized spacial score (nSPS) is 17.1. The molecule has 0 spiro atoms. The minimum Gasteiger partial charge on any atom is -0.355 e. The van der Waals surface area contributed by atoms with E-state index in [1.165, 1.54) is 22.3 Å². The Bertz CT molecular complexity index is 626. The predicted octanol–water partition coefficient (Wildman–Crippen LogP) is 1.87. The molecule has 2 heterocycles. The highest BCUT2D eigenvalue weighted by Gasteiger charge is 2.27. The minimum absolute atomic E-state index is 0.0348. The van der Waals surface area contributed by atoms with Gasteiger partial charge in [-0.15, -0.1) is 0 Å². The molecule has 1 aromatic rings. The first-order chi connectivity index (χ1) is 10.9. The first kappa shape index (κ1) is 18.2. The lowest BCUT2D eigenvalue weighted by molar-refractivity contribution is -0.120. The van der Waals surface area contributed by atoms with Crippen LogP contribution in [0, 0.1) is 0 Å². The number of rotatable bonds is 7. The molecule has 0 radical (unpaired) electrons. The minimum atomic E-state index is -3.43. The first-order valence-corrected chi connectivity index (χ1v) is 10.2. The summed E-state index contributed by atoms with van der Waals surface area (Å²) in [5.41, 5.74) is 0. The highest BCUT2D eigenvalue weighted by Crippen LogP contribution is 2.24. The number of aromatic nitrogens is 1.